The number of fused-ring (bicyclic) bond motifs is 1. The molecule has 7 nitrogen and oxygen atoms in total. The third kappa shape index (κ3) is 4.54. The van der Waals surface area contributed by atoms with Crippen LogP contribution in [0.3, 0.4) is 0 Å². The number of esters is 1. The van der Waals surface area contributed by atoms with Crippen LogP contribution in [0.15, 0.2) is 47.4 Å². The maximum atomic E-state index is 13.2. The topological polar surface area (TPSA) is 84.0 Å². The predicted octanol–water partition coefficient (Wildman–Crippen LogP) is 3.69. The van der Waals surface area contributed by atoms with E-state index in [4.69, 9.17) is 4.74 Å². The fraction of sp³-hybridized carbons (Fsp3) is 0.440. The molecule has 0 aromatic heterocycles. The minimum absolute atomic E-state index is 0.0706. The van der Waals surface area contributed by atoms with Crippen LogP contribution in [0.25, 0.3) is 0 Å². The molecule has 2 aromatic rings. The average Bonchev–Trinajstić information content (AvgIpc) is 3.23. The minimum Gasteiger partial charge on any atom is -0.449 e. The van der Waals surface area contributed by atoms with Crippen molar-refractivity contribution < 1.29 is 22.7 Å². The molecule has 33 heavy (non-hydrogen) atoms. The van der Waals surface area contributed by atoms with Gasteiger partial charge in [0.15, 0.2) is 6.10 Å². The van der Waals surface area contributed by atoms with Gasteiger partial charge in [-0.05, 0) is 69.4 Å². The van der Waals surface area contributed by atoms with Gasteiger partial charge < -0.3 is 9.64 Å². The second-order valence-corrected chi connectivity index (χ2v) is 10.7. The molecule has 2 atom stereocenters. The van der Waals surface area contributed by atoms with Crippen molar-refractivity contribution in [1.82, 2.24) is 4.31 Å². The summed E-state index contributed by atoms with van der Waals surface area (Å²) in [5.41, 5.74) is 2.68. The molecule has 0 N–H and O–H groups in total. The molecule has 2 aromatic carbocycles. The number of nitrogens with zero attached hydrogens (tertiary/aromatic N) is 2. The Bertz CT molecular complexity index is 1180. The van der Waals surface area contributed by atoms with Crippen LogP contribution in [0.1, 0.15) is 54.6 Å². The molecule has 0 spiro atoms. The number of amides is 1. The number of anilines is 1. The van der Waals surface area contributed by atoms with Crippen molar-refractivity contribution in [3.05, 3.63) is 59.2 Å². The van der Waals surface area contributed by atoms with Crippen molar-refractivity contribution in [3.8, 4) is 0 Å². The van der Waals surface area contributed by atoms with Crippen LogP contribution in [0.2, 0.25) is 0 Å². The molecular weight excluding hydrogens is 440 g/mol. The third-order valence-electron chi connectivity index (χ3n) is 6.56. The van der Waals surface area contributed by atoms with Crippen molar-refractivity contribution in [2.75, 3.05) is 18.0 Å². The molecule has 0 saturated carbocycles. The zero-order chi connectivity index (χ0) is 23.8. The van der Waals surface area contributed by atoms with Crippen LogP contribution in [0, 0.1) is 6.92 Å². The first-order chi connectivity index (χ1) is 15.7. The first-order valence-corrected chi connectivity index (χ1v) is 12.9. The molecule has 1 saturated heterocycles. The summed E-state index contributed by atoms with van der Waals surface area (Å²) in [6.07, 6.45) is 2.41. The number of carbonyl (C=O) groups excluding carboxylic acids is 2. The van der Waals surface area contributed by atoms with Gasteiger partial charge in [-0.2, -0.15) is 4.31 Å². The number of hydrogen-bond donors (Lipinski definition) is 0. The Kier molecular flexibility index (Phi) is 6.59. The normalized spacial score (nSPS) is 19.7. The van der Waals surface area contributed by atoms with Crippen LogP contribution in [0.4, 0.5) is 5.69 Å². The average molecular weight is 471 g/mol. The number of sulfonamides is 1. The summed E-state index contributed by atoms with van der Waals surface area (Å²) in [4.78, 5) is 27.6. The van der Waals surface area contributed by atoms with Crippen molar-refractivity contribution in [1.29, 1.82) is 0 Å². The molecule has 1 fully saturated rings. The Morgan fingerprint density at radius 2 is 1.85 bits per heavy atom. The van der Waals surface area contributed by atoms with Crippen molar-refractivity contribution in [2.24, 2.45) is 0 Å². The lowest BCUT2D eigenvalue weighted by molar-refractivity contribution is -0.126. The number of hydrogen-bond acceptors (Lipinski definition) is 5. The maximum absolute atomic E-state index is 13.2. The van der Waals surface area contributed by atoms with Gasteiger partial charge >= 0.3 is 5.97 Å². The van der Waals surface area contributed by atoms with Crippen LogP contribution in [0.5, 0.6) is 0 Å². The van der Waals surface area contributed by atoms with Gasteiger partial charge in [0.2, 0.25) is 10.0 Å². The van der Waals surface area contributed by atoms with Crippen LogP contribution >= 0.6 is 0 Å². The van der Waals surface area contributed by atoms with Gasteiger partial charge in [0, 0.05) is 24.8 Å². The number of benzene rings is 2. The lowest BCUT2D eigenvalue weighted by Gasteiger charge is -2.32. The number of ether oxygens (including phenoxy) is 1. The number of piperidine rings is 1. The van der Waals surface area contributed by atoms with E-state index in [1.807, 2.05) is 31.2 Å². The van der Waals surface area contributed by atoms with Gasteiger partial charge in [-0.25, -0.2) is 13.2 Å². The van der Waals surface area contributed by atoms with E-state index < -0.39 is 22.1 Å². The van der Waals surface area contributed by atoms with Crippen LogP contribution in [-0.2, 0) is 26.0 Å². The minimum atomic E-state index is -3.72. The smallest absolute Gasteiger partial charge is 0.339 e. The highest BCUT2D eigenvalue weighted by atomic mass is 32.2. The summed E-state index contributed by atoms with van der Waals surface area (Å²) in [5.74, 6) is -0.999. The molecule has 4 rings (SSSR count). The fourth-order valence-corrected chi connectivity index (χ4v) is 6.33. The molecule has 0 radical (unpaired) electrons. The first kappa shape index (κ1) is 23.4. The zero-order valence-electron chi connectivity index (χ0n) is 19.3. The van der Waals surface area contributed by atoms with Gasteiger partial charge in [0.25, 0.3) is 5.91 Å². The summed E-state index contributed by atoms with van der Waals surface area (Å²) < 4.78 is 33.4. The summed E-state index contributed by atoms with van der Waals surface area (Å²) in [6, 6.07) is 12.1. The van der Waals surface area contributed by atoms with E-state index in [0.29, 0.717) is 18.7 Å². The summed E-state index contributed by atoms with van der Waals surface area (Å²) in [5, 5.41) is 0. The Labute approximate surface area is 195 Å². The van der Waals surface area contributed by atoms with E-state index in [1.54, 1.807) is 24.8 Å². The molecule has 0 bridgehead atoms. The molecule has 8 heteroatoms. The number of carbonyl (C=O) groups is 2. The van der Waals surface area contributed by atoms with Gasteiger partial charge in [0.05, 0.1) is 10.5 Å². The molecule has 1 amide bonds. The van der Waals surface area contributed by atoms with Crippen LogP contribution < -0.4 is 4.90 Å². The maximum Gasteiger partial charge on any atom is 0.339 e. The summed E-state index contributed by atoms with van der Waals surface area (Å²) in [7, 11) is -3.72. The van der Waals surface area contributed by atoms with E-state index in [1.165, 1.54) is 16.4 Å². The molecule has 2 unspecified atom stereocenters. The van der Waals surface area contributed by atoms with Gasteiger partial charge in [-0.1, -0.05) is 30.7 Å². The van der Waals surface area contributed by atoms with E-state index in [0.717, 1.165) is 36.9 Å². The third-order valence-corrected chi connectivity index (χ3v) is 8.57. The molecule has 2 aliphatic rings. The summed E-state index contributed by atoms with van der Waals surface area (Å²) >= 11 is 0. The predicted molar refractivity (Wildman–Crippen MR) is 126 cm³/mol. The van der Waals surface area contributed by atoms with E-state index >= 15 is 0 Å². The van der Waals surface area contributed by atoms with Gasteiger partial charge in [-0.3, -0.25) is 4.79 Å². The SMILES string of the molecule is Cc1ccc(S(=O)(=O)N2CCCCC2C)cc1C(=O)OC(C)C(=O)N1CCc2ccccc21. The molecule has 0 aliphatic carbocycles. The molecule has 2 heterocycles. The largest absolute Gasteiger partial charge is 0.449 e. The summed E-state index contributed by atoms with van der Waals surface area (Å²) in [6.45, 7) is 6.19. The highest BCUT2D eigenvalue weighted by Crippen LogP contribution is 2.29. The lowest BCUT2D eigenvalue weighted by atomic mass is 10.1. The first-order valence-electron chi connectivity index (χ1n) is 11.4. The Balaban J connectivity index is 1.52. The highest BCUT2D eigenvalue weighted by Gasteiger charge is 2.33. The number of aryl methyl sites for hydroxylation is 1. The lowest BCUT2D eigenvalue weighted by Crippen LogP contribution is -2.42. The monoisotopic (exact) mass is 470 g/mol. The fourth-order valence-electron chi connectivity index (χ4n) is 4.61. The molecule has 2 aliphatic heterocycles. The van der Waals surface area contributed by atoms with E-state index in [-0.39, 0.29) is 22.4 Å². The van der Waals surface area contributed by atoms with Crippen molar-refractivity contribution in [2.45, 2.75) is 63.5 Å². The standard InChI is InChI=1S/C25H30N2O5S/c1-17-11-12-21(33(30,31)27-14-7-6-8-18(27)2)16-22(17)25(29)32-19(3)24(28)26-15-13-20-9-4-5-10-23(20)26/h4-5,9-12,16,18-19H,6-8,13-15H2,1-3H3. The van der Waals surface area contributed by atoms with Crippen molar-refractivity contribution >= 4 is 27.6 Å². The van der Waals surface area contributed by atoms with E-state index in [9.17, 15) is 18.0 Å². The van der Waals surface area contributed by atoms with Crippen molar-refractivity contribution in [3.63, 3.8) is 0 Å². The van der Waals surface area contributed by atoms with Gasteiger partial charge in [-0.15, -0.1) is 0 Å². The second-order valence-electron chi connectivity index (χ2n) is 8.85. The van der Waals surface area contributed by atoms with E-state index in [2.05, 4.69) is 0 Å². The Morgan fingerprint density at radius 1 is 1.09 bits per heavy atom. The second kappa shape index (κ2) is 9.27. The zero-order valence-corrected chi connectivity index (χ0v) is 20.1. The molecule has 176 valence electrons. The number of para-hydroxylation sites is 1. The number of rotatable bonds is 5. The Morgan fingerprint density at radius 3 is 2.61 bits per heavy atom. The van der Waals surface area contributed by atoms with Crippen LogP contribution in [-0.4, -0.2) is 49.8 Å². The van der Waals surface area contributed by atoms with Gasteiger partial charge in [0.1, 0.15) is 0 Å². The Hall–Kier alpha value is -2.71. The quantitative estimate of drug-likeness (QED) is 0.623. The highest BCUT2D eigenvalue weighted by molar-refractivity contribution is 7.89. The molecular formula is C25H30N2O5S.